The minimum atomic E-state index is 0. The first-order valence-corrected chi connectivity index (χ1v) is 5.76. The molecule has 2 rings (SSSR count). The fourth-order valence-electron chi connectivity index (χ4n) is 1.53. The third-order valence-corrected chi connectivity index (χ3v) is 3.77. The van der Waals surface area contributed by atoms with Crippen molar-refractivity contribution < 1.29 is 21.9 Å². The maximum atomic E-state index is 5.31. The van der Waals surface area contributed by atoms with Crippen molar-refractivity contribution in [3.05, 3.63) is 0 Å². The van der Waals surface area contributed by atoms with E-state index in [2.05, 4.69) is 9.34 Å². The summed E-state index contributed by atoms with van der Waals surface area (Å²) in [5, 5.41) is 0. The van der Waals surface area contributed by atoms with E-state index in [0.29, 0.717) is 0 Å². The topological polar surface area (TPSA) is 24.9 Å². The molecule has 2 aliphatic rings. The van der Waals surface area contributed by atoms with Crippen molar-refractivity contribution in [3.63, 3.8) is 0 Å². The molecule has 2 aliphatic heterocycles. The first-order valence-electron chi connectivity index (χ1n) is 4.87. The van der Waals surface area contributed by atoms with Crippen molar-refractivity contribution in [2.45, 2.75) is 0 Å². The van der Waals surface area contributed by atoms with E-state index in [0.717, 1.165) is 61.5 Å². The molecule has 0 amide bonds. The van der Waals surface area contributed by atoms with E-state index < -0.39 is 0 Å². The van der Waals surface area contributed by atoms with Gasteiger partial charge < -0.3 is 21.9 Å². The number of morpholine rings is 2. The second-order valence-electron chi connectivity index (χ2n) is 3.30. The summed E-state index contributed by atoms with van der Waals surface area (Å²) in [5.74, 6) is 0. The molecule has 0 atom stereocenters. The Bertz CT molecular complexity index is 136. The lowest BCUT2D eigenvalue weighted by atomic mass is 10.5. The highest BCUT2D eigenvalue weighted by Gasteiger charge is 2.16. The highest BCUT2D eigenvalue weighted by Crippen LogP contribution is 2.25. The maximum Gasteiger partial charge on any atom is 0.0597 e. The summed E-state index contributed by atoms with van der Waals surface area (Å²) in [6.07, 6.45) is 0. The van der Waals surface area contributed by atoms with Gasteiger partial charge in [-0.05, 0) is 0 Å². The van der Waals surface area contributed by atoms with Crippen molar-refractivity contribution >= 4 is 8.88 Å². The smallest absolute Gasteiger partial charge is 0.0597 e. The Kier molecular flexibility index (Phi) is 6.26. The van der Waals surface area contributed by atoms with E-state index in [1.54, 1.807) is 0 Å². The normalized spacial score (nSPS) is 25.7. The number of rotatable bonds is 2. The van der Waals surface area contributed by atoms with Crippen LogP contribution in [0.25, 0.3) is 0 Å². The summed E-state index contributed by atoms with van der Waals surface area (Å²) in [6.45, 7) is 7.97. The van der Waals surface area contributed by atoms with Gasteiger partial charge in [0.15, 0.2) is 0 Å². The zero-order valence-electron chi connectivity index (χ0n) is 8.25. The zero-order valence-corrected chi connectivity index (χ0v) is 10.0. The van der Waals surface area contributed by atoms with Crippen LogP contribution in [0.5, 0.6) is 0 Å². The van der Waals surface area contributed by atoms with E-state index in [9.17, 15) is 0 Å². The average Bonchev–Trinajstić information content (AvgIpc) is 2.21. The monoisotopic (exact) mass is 239 g/mol. The number of ether oxygens (including phenoxy) is 2. The standard InChI is InChI=1S/C8H17N2O2P.ClH/c1-5-11-6-2-9(1)13-10-3-7-12-8-4-10;/h13H,1-8H2;1H/p-1. The number of halogens is 1. The first kappa shape index (κ1) is 12.6. The quantitative estimate of drug-likeness (QED) is 0.485. The van der Waals surface area contributed by atoms with Crippen LogP contribution in [0.2, 0.25) is 0 Å². The highest BCUT2D eigenvalue weighted by molar-refractivity contribution is 7.32. The molecule has 0 saturated carbocycles. The van der Waals surface area contributed by atoms with Crippen molar-refractivity contribution in [2.24, 2.45) is 0 Å². The molecule has 0 unspecified atom stereocenters. The molecule has 6 heteroatoms. The predicted octanol–water partition coefficient (Wildman–Crippen LogP) is -2.84. The van der Waals surface area contributed by atoms with Gasteiger partial charge in [0.05, 0.1) is 26.4 Å². The lowest BCUT2D eigenvalue weighted by molar-refractivity contribution is -0.00000437. The fraction of sp³-hybridized carbons (Fsp3) is 1.00. The maximum absolute atomic E-state index is 5.31. The van der Waals surface area contributed by atoms with Crippen molar-refractivity contribution in [1.29, 1.82) is 0 Å². The van der Waals surface area contributed by atoms with Gasteiger partial charge in [-0.25, -0.2) is 0 Å². The van der Waals surface area contributed by atoms with Crippen LogP contribution in [0.4, 0.5) is 0 Å². The van der Waals surface area contributed by atoms with Crippen LogP contribution in [0.1, 0.15) is 0 Å². The molecule has 0 bridgehead atoms. The summed E-state index contributed by atoms with van der Waals surface area (Å²) >= 11 is 0. The van der Waals surface area contributed by atoms with Crippen LogP contribution in [0.3, 0.4) is 0 Å². The minimum Gasteiger partial charge on any atom is -1.00 e. The van der Waals surface area contributed by atoms with Gasteiger partial charge in [0.25, 0.3) is 0 Å². The molecule has 14 heavy (non-hydrogen) atoms. The summed E-state index contributed by atoms with van der Waals surface area (Å²) < 4.78 is 15.6. The number of nitrogens with zero attached hydrogens (tertiary/aromatic N) is 2. The molecule has 0 aliphatic carbocycles. The van der Waals surface area contributed by atoms with E-state index in [4.69, 9.17) is 9.47 Å². The predicted molar refractivity (Wildman–Crippen MR) is 53.1 cm³/mol. The van der Waals surface area contributed by atoms with E-state index in [1.807, 2.05) is 0 Å². The molecular formula is C8H17ClN2O2P-. The molecule has 0 spiro atoms. The Balaban J connectivity index is 0.000000980. The van der Waals surface area contributed by atoms with Crippen LogP contribution in [-0.4, -0.2) is 61.9 Å². The fourth-order valence-corrected chi connectivity index (χ4v) is 2.69. The van der Waals surface area contributed by atoms with Crippen LogP contribution in [0.15, 0.2) is 0 Å². The summed E-state index contributed by atoms with van der Waals surface area (Å²) in [4.78, 5) is 0. The summed E-state index contributed by atoms with van der Waals surface area (Å²) in [5.41, 5.74) is 0. The first-order chi connectivity index (χ1) is 6.45. The Morgan fingerprint density at radius 2 is 1.07 bits per heavy atom. The van der Waals surface area contributed by atoms with E-state index in [-0.39, 0.29) is 12.4 Å². The van der Waals surface area contributed by atoms with Gasteiger partial charge in [0.2, 0.25) is 0 Å². The lowest BCUT2D eigenvalue weighted by Gasteiger charge is -2.34. The highest BCUT2D eigenvalue weighted by atomic mass is 35.5. The zero-order chi connectivity index (χ0) is 8.93. The second-order valence-corrected chi connectivity index (χ2v) is 4.76. The molecule has 0 aromatic rings. The minimum absolute atomic E-state index is 0. The Labute approximate surface area is 93.2 Å². The molecule has 0 N–H and O–H groups in total. The van der Waals surface area contributed by atoms with Gasteiger partial charge in [-0.1, -0.05) is 0 Å². The van der Waals surface area contributed by atoms with Crippen molar-refractivity contribution in [1.82, 2.24) is 9.34 Å². The molecule has 84 valence electrons. The lowest BCUT2D eigenvalue weighted by Crippen LogP contribution is -3.00. The Hall–Kier alpha value is 0.560. The summed E-state index contributed by atoms with van der Waals surface area (Å²) in [6, 6.07) is 0. The second kappa shape index (κ2) is 6.94. The third kappa shape index (κ3) is 3.97. The number of hydrogen-bond donors (Lipinski definition) is 0. The summed E-state index contributed by atoms with van der Waals surface area (Å²) in [7, 11) is 0.837. The largest absolute Gasteiger partial charge is 1.00 e. The van der Waals surface area contributed by atoms with Gasteiger partial charge in [0.1, 0.15) is 0 Å². The third-order valence-electron chi connectivity index (χ3n) is 2.31. The van der Waals surface area contributed by atoms with Crippen molar-refractivity contribution in [2.75, 3.05) is 52.6 Å². The van der Waals surface area contributed by atoms with Gasteiger partial charge in [0, 0.05) is 35.1 Å². The van der Waals surface area contributed by atoms with Gasteiger partial charge >= 0.3 is 0 Å². The number of hydrogen-bond acceptors (Lipinski definition) is 4. The van der Waals surface area contributed by atoms with Crippen LogP contribution in [-0.2, 0) is 9.47 Å². The van der Waals surface area contributed by atoms with E-state index >= 15 is 0 Å². The van der Waals surface area contributed by atoms with Crippen LogP contribution >= 0.6 is 8.88 Å². The molecule has 4 nitrogen and oxygen atoms in total. The SMILES string of the molecule is C1CN(PN2CCOCC2)CCO1.[Cl-]. The molecule has 0 radical (unpaired) electrons. The van der Waals surface area contributed by atoms with Crippen LogP contribution in [0, 0.1) is 0 Å². The van der Waals surface area contributed by atoms with Crippen molar-refractivity contribution in [3.8, 4) is 0 Å². The Morgan fingerprint density at radius 1 is 0.714 bits per heavy atom. The average molecular weight is 240 g/mol. The van der Waals surface area contributed by atoms with Gasteiger partial charge in [-0.15, -0.1) is 0 Å². The molecular weight excluding hydrogens is 223 g/mol. The van der Waals surface area contributed by atoms with Gasteiger partial charge in [-0.2, -0.15) is 0 Å². The molecule has 2 saturated heterocycles. The molecule has 2 fully saturated rings. The molecule has 2 heterocycles. The van der Waals surface area contributed by atoms with Crippen LogP contribution < -0.4 is 12.4 Å². The van der Waals surface area contributed by atoms with Gasteiger partial charge in [-0.3, -0.25) is 9.34 Å². The Morgan fingerprint density at radius 3 is 1.43 bits per heavy atom. The molecule has 0 aromatic heterocycles. The van der Waals surface area contributed by atoms with E-state index in [1.165, 1.54) is 0 Å². The molecule has 0 aromatic carbocycles.